The zero-order valence-corrected chi connectivity index (χ0v) is 10.8. The van der Waals surface area contributed by atoms with Crippen LogP contribution in [-0.2, 0) is 16.1 Å². The Morgan fingerprint density at radius 3 is 2.82 bits per heavy atom. The van der Waals surface area contributed by atoms with Gasteiger partial charge in [-0.15, -0.1) is 0 Å². The molecular weight excluding hydrogens is 216 g/mol. The van der Waals surface area contributed by atoms with Crippen molar-refractivity contribution in [2.45, 2.75) is 58.1 Å². The highest BCUT2D eigenvalue weighted by atomic mass is 16.6. The van der Waals surface area contributed by atoms with E-state index in [1.165, 1.54) is 18.5 Å². The molecule has 0 radical (unpaired) electrons. The van der Waals surface area contributed by atoms with Crippen LogP contribution in [0.4, 0.5) is 0 Å². The van der Waals surface area contributed by atoms with E-state index in [1.54, 1.807) is 6.33 Å². The minimum atomic E-state index is -0.397. The van der Waals surface area contributed by atoms with E-state index in [0.717, 1.165) is 0 Å². The number of hydrogen-bond donors (Lipinski definition) is 0. The Morgan fingerprint density at radius 1 is 1.53 bits per heavy atom. The number of aryl methyl sites for hydroxylation is 1. The number of nitrogens with zero attached hydrogens (tertiary/aromatic N) is 2. The van der Waals surface area contributed by atoms with Gasteiger partial charge in [-0.25, -0.2) is 4.98 Å². The van der Waals surface area contributed by atoms with Crippen LogP contribution in [0, 0.1) is 0 Å². The van der Waals surface area contributed by atoms with E-state index in [1.807, 2.05) is 27.0 Å². The predicted octanol–water partition coefficient (Wildman–Crippen LogP) is 2.49. The van der Waals surface area contributed by atoms with Gasteiger partial charge in [-0.2, -0.15) is 0 Å². The lowest BCUT2D eigenvalue weighted by Crippen LogP contribution is -2.24. The van der Waals surface area contributed by atoms with E-state index < -0.39 is 5.60 Å². The van der Waals surface area contributed by atoms with Crippen molar-refractivity contribution in [3.63, 3.8) is 0 Å². The van der Waals surface area contributed by atoms with Crippen LogP contribution in [0.1, 0.15) is 51.6 Å². The molecule has 0 amide bonds. The van der Waals surface area contributed by atoms with Gasteiger partial charge in [0.15, 0.2) is 0 Å². The van der Waals surface area contributed by atoms with Gasteiger partial charge in [-0.05, 0) is 33.6 Å². The van der Waals surface area contributed by atoms with E-state index in [0.29, 0.717) is 18.9 Å². The first-order valence-corrected chi connectivity index (χ1v) is 6.17. The van der Waals surface area contributed by atoms with Gasteiger partial charge >= 0.3 is 5.97 Å². The predicted molar refractivity (Wildman–Crippen MR) is 64.7 cm³/mol. The molecule has 0 saturated heterocycles. The number of hydrogen-bond acceptors (Lipinski definition) is 3. The number of carbonyl (C=O) groups excluding carboxylic acids is 1. The summed E-state index contributed by atoms with van der Waals surface area (Å²) in [5, 5.41) is 0. The van der Waals surface area contributed by atoms with Crippen LogP contribution in [-0.4, -0.2) is 21.1 Å². The molecule has 0 unspecified atom stereocenters. The molecule has 1 saturated carbocycles. The van der Waals surface area contributed by atoms with Crippen molar-refractivity contribution in [2.24, 2.45) is 0 Å². The molecule has 1 aliphatic carbocycles. The van der Waals surface area contributed by atoms with Crippen LogP contribution in [0.25, 0.3) is 0 Å². The fraction of sp³-hybridized carbons (Fsp3) is 0.692. The van der Waals surface area contributed by atoms with Gasteiger partial charge in [0.1, 0.15) is 5.60 Å². The average Bonchev–Trinajstić information content (AvgIpc) is 2.92. The minimum Gasteiger partial charge on any atom is -0.460 e. The summed E-state index contributed by atoms with van der Waals surface area (Å²) in [6, 6.07) is 0. The molecule has 1 aliphatic rings. The zero-order valence-electron chi connectivity index (χ0n) is 10.8. The van der Waals surface area contributed by atoms with Gasteiger partial charge in [0.2, 0.25) is 0 Å². The molecule has 1 heterocycles. The smallest absolute Gasteiger partial charge is 0.308 e. The van der Waals surface area contributed by atoms with Crippen molar-refractivity contribution < 1.29 is 9.53 Å². The van der Waals surface area contributed by atoms with Crippen molar-refractivity contribution in [2.75, 3.05) is 0 Å². The van der Waals surface area contributed by atoms with Crippen molar-refractivity contribution in [1.82, 2.24) is 9.55 Å². The molecule has 94 valence electrons. The SMILES string of the molecule is CC(C)(C)OC(=O)CCn1cncc1C1CC1. The van der Waals surface area contributed by atoms with Crippen molar-refractivity contribution >= 4 is 5.97 Å². The zero-order chi connectivity index (χ0) is 12.5. The highest BCUT2D eigenvalue weighted by Gasteiger charge is 2.27. The highest BCUT2D eigenvalue weighted by molar-refractivity contribution is 5.69. The Kier molecular flexibility index (Phi) is 3.22. The molecule has 1 fully saturated rings. The van der Waals surface area contributed by atoms with E-state index >= 15 is 0 Å². The van der Waals surface area contributed by atoms with Gasteiger partial charge in [0.05, 0.1) is 12.7 Å². The summed E-state index contributed by atoms with van der Waals surface area (Å²) < 4.78 is 7.35. The number of imidazole rings is 1. The summed E-state index contributed by atoms with van der Waals surface area (Å²) in [5.74, 6) is 0.518. The van der Waals surface area contributed by atoms with Crippen molar-refractivity contribution in [3.05, 3.63) is 18.2 Å². The lowest BCUT2D eigenvalue weighted by Gasteiger charge is -2.19. The molecule has 0 atom stereocenters. The summed E-state index contributed by atoms with van der Waals surface area (Å²) in [6.45, 7) is 6.33. The second kappa shape index (κ2) is 4.51. The molecular formula is C13H20N2O2. The molecule has 0 N–H and O–H groups in total. The second-order valence-electron chi connectivity index (χ2n) is 5.62. The largest absolute Gasteiger partial charge is 0.460 e. The van der Waals surface area contributed by atoms with Gasteiger partial charge in [0, 0.05) is 24.4 Å². The Bertz CT molecular complexity index is 400. The van der Waals surface area contributed by atoms with E-state index in [-0.39, 0.29) is 5.97 Å². The maximum Gasteiger partial charge on any atom is 0.308 e. The normalized spacial score (nSPS) is 15.9. The maximum atomic E-state index is 11.6. The fourth-order valence-corrected chi connectivity index (χ4v) is 1.84. The fourth-order valence-electron chi connectivity index (χ4n) is 1.84. The molecule has 0 aliphatic heterocycles. The number of carbonyl (C=O) groups is 1. The summed E-state index contributed by atoms with van der Waals surface area (Å²) in [6.07, 6.45) is 6.62. The highest BCUT2D eigenvalue weighted by Crippen LogP contribution is 2.39. The quantitative estimate of drug-likeness (QED) is 0.754. The Labute approximate surface area is 102 Å². The first-order valence-electron chi connectivity index (χ1n) is 6.17. The van der Waals surface area contributed by atoms with Crippen LogP contribution in [0.15, 0.2) is 12.5 Å². The third kappa shape index (κ3) is 3.58. The standard InChI is InChI=1S/C13H20N2O2/c1-13(2,3)17-12(16)6-7-15-9-14-8-11(15)10-4-5-10/h8-10H,4-7H2,1-3H3. The summed E-state index contributed by atoms with van der Waals surface area (Å²) in [5.41, 5.74) is 0.860. The molecule has 0 bridgehead atoms. The topological polar surface area (TPSA) is 44.1 Å². The van der Waals surface area contributed by atoms with Crippen LogP contribution in [0.3, 0.4) is 0 Å². The Balaban J connectivity index is 1.85. The van der Waals surface area contributed by atoms with Crippen molar-refractivity contribution in [3.8, 4) is 0 Å². The third-order valence-corrected chi connectivity index (χ3v) is 2.72. The van der Waals surface area contributed by atoms with E-state index in [9.17, 15) is 4.79 Å². The lowest BCUT2D eigenvalue weighted by atomic mass is 10.2. The molecule has 4 heteroatoms. The monoisotopic (exact) mass is 236 g/mol. The van der Waals surface area contributed by atoms with Crippen LogP contribution in [0.5, 0.6) is 0 Å². The molecule has 1 aromatic heterocycles. The van der Waals surface area contributed by atoms with E-state index in [2.05, 4.69) is 9.55 Å². The number of esters is 1. The van der Waals surface area contributed by atoms with Crippen LogP contribution >= 0.6 is 0 Å². The van der Waals surface area contributed by atoms with E-state index in [4.69, 9.17) is 4.74 Å². The average molecular weight is 236 g/mol. The van der Waals surface area contributed by atoms with Gasteiger partial charge in [-0.3, -0.25) is 4.79 Å². The van der Waals surface area contributed by atoms with Crippen LogP contribution in [0.2, 0.25) is 0 Å². The number of ether oxygens (including phenoxy) is 1. The maximum absolute atomic E-state index is 11.6. The Morgan fingerprint density at radius 2 is 2.24 bits per heavy atom. The number of aromatic nitrogens is 2. The Hall–Kier alpha value is -1.32. The van der Waals surface area contributed by atoms with Crippen LogP contribution < -0.4 is 0 Å². The second-order valence-corrected chi connectivity index (χ2v) is 5.62. The molecule has 1 aromatic rings. The minimum absolute atomic E-state index is 0.145. The van der Waals surface area contributed by atoms with Gasteiger partial charge < -0.3 is 9.30 Å². The molecule has 2 rings (SSSR count). The molecule has 4 nitrogen and oxygen atoms in total. The summed E-state index contributed by atoms with van der Waals surface area (Å²) in [4.78, 5) is 15.7. The first-order chi connectivity index (χ1) is 7.96. The van der Waals surface area contributed by atoms with Gasteiger partial charge in [-0.1, -0.05) is 0 Å². The molecule has 0 aromatic carbocycles. The number of rotatable bonds is 4. The third-order valence-electron chi connectivity index (χ3n) is 2.72. The summed E-state index contributed by atoms with van der Waals surface area (Å²) >= 11 is 0. The first kappa shape index (κ1) is 12.1. The van der Waals surface area contributed by atoms with Gasteiger partial charge in [0.25, 0.3) is 0 Å². The molecule has 17 heavy (non-hydrogen) atoms. The lowest BCUT2D eigenvalue weighted by molar-refractivity contribution is -0.155. The van der Waals surface area contributed by atoms with Crippen molar-refractivity contribution in [1.29, 1.82) is 0 Å². The summed E-state index contributed by atoms with van der Waals surface area (Å²) in [7, 11) is 0. The molecule has 0 spiro atoms.